The fourth-order valence-electron chi connectivity index (χ4n) is 2.34. The van der Waals surface area contributed by atoms with Gasteiger partial charge < -0.3 is 10.5 Å². The zero-order valence-electron chi connectivity index (χ0n) is 12.5. The van der Waals surface area contributed by atoms with Crippen molar-refractivity contribution >= 4 is 0 Å². The van der Waals surface area contributed by atoms with Gasteiger partial charge in [-0.1, -0.05) is 63.3 Å². The smallest absolute Gasteiger partial charge is 0.0949 e. The lowest BCUT2D eigenvalue weighted by Crippen LogP contribution is -2.17. The number of ether oxygens (including phenoxy) is 1. The van der Waals surface area contributed by atoms with Gasteiger partial charge in [0.05, 0.1) is 6.10 Å². The molecule has 2 heteroatoms. The van der Waals surface area contributed by atoms with Gasteiger partial charge in [-0.2, -0.15) is 0 Å². The molecule has 1 rings (SSSR count). The van der Waals surface area contributed by atoms with Gasteiger partial charge in [-0.05, 0) is 24.5 Å². The zero-order chi connectivity index (χ0) is 13.9. The highest BCUT2D eigenvalue weighted by Gasteiger charge is 2.11. The third-order valence-corrected chi connectivity index (χ3v) is 3.57. The van der Waals surface area contributed by atoms with E-state index >= 15 is 0 Å². The molecule has 0 spiro atoms. The summed E-state index contributed by atoms with van der Waals surface area (Å²) in [7, 11) is 0. The van der Waals surface area contributed by atoms with Gasteiger partial charge in [-0.25, -0.2) is 0 Å². The van der Waals surface area contributed by atoms with Crippen molar-refractivity contribution in [2.24, 2.45) is 5.73 Å². The normalized spacial score (nSPS) is 12.6. The molecule has 0 amide bonds. The maximum atomic E-state index is 5.94. The van der Waals surface area contributed by atoms with Crippen molar-refractivity contribution in [1.29, 1.82) is 0 Å². The number of hydrogen-bond acceptors (Lipinski definition) is 2. The van der Waals surface area contributed by atoms with Crippen molar-refractivity contribution in [2.75, 3.05) is 13.2 Å². The maximum Gasteiger partial charge on any atom is 0.0949 e. The van der Waals surface area contributed by atoms with Gasteiger partial charge in [0.15, 0.2) is 0 Å². The predicted molar refractivity (Wildman–Crippen MR) is 82.3 cm³/mol. The van der Waals surface area contributed by atoms with Crippen molar-refractivity contribution < 1.29 is 4.74 Å². The van der Waals surface area contributed by atoms with Crippen LogP contribution in [-0.2, 0) is 4.74 Å². The number of rotatable bonds is 10. The molecule has 0 aromatic heterocycles. The number of aryl methyl sites for hydroxylation is 1. The lowest BCUT2D eigenvalue weighted by Gasteiger charge is -2.18. The zero-order valence-corrected chi connectivity index (χ0v) is 12.5. The molecule has 2 N–H and O–H groups in total. The Balaban J connectivity index is 2.24. The van der Waals surface area contributed by atoms with Crippen molar-refractivity contribution in [2.45, 2.75) is 58.5 Å². The minimum Gasteiger partial charge on any atom is -0.372 e. The summed E-state index contributed by atoms with van der Waals surface area (Å²) in [4.78, 5) is 0. The van der Waals surface area contributed by atoms with Gasteiger partial charge in [-0.15, -0.1) is 0 Å². The second-order valence-corrected chi connectivity index (χ2v) is 5.22. The van der Waals surface area contributed by atoms with E-state index in [1.807, 2.05) is 0 Å². The average molecular weight is 263 g/mol. The van der Waals surface area contributed by atoms with Crippen LogP contribution in [0, 0.1) is 6.92 Å². The summed E-state index contributed by atoms with van der Waals surface area (Å²) in [6.07, 6.45) is 7.81. The summed E-state index contributed by atoms with van der Waals surface area (Å²) < 4.78 is 5.94. The Hall–Kier alpha value is -0.860. The van der Waals surface area contributed by atoms with Gasteiger partial charge in [0, 0.05) is 13.2 Å². The van der Waals surface area contributed by atoms with E-state index in [0.29, 0.717) is 6.54 Å². The van der Waals surface area contributed by atoms with Crippen LogP contribution in [0.15, 0.2) is 24.3 Å². The first kappa shape index (κ1) is 16.2. The molecule has 108 valence electrons. The van der Waals surface area contributed by atoms with Gasteiger partial charge >= 0.3 is 0 Å². The maximum absolute atomic E-state index is 5.94. The first-order chi connectivity index (χ1) is 9.29. The highest BCUT2D eigenvalue weighted by Crippen LogP contribution is 2.20. The molecule has 0 saturated carbocycles. The van der Waals surface area contributed by atoms with E-state index in [2.05, 4.69) is 38.1 Å². The highest BCUT2D eigenvalue weighted by atomic mass is 16.5. The van der Waals surface area contributed by atoms with Crippen molar-refractivity contribution in [3.8, 4) is 0 Å². The van der Waals surface area contributed by atoms with Crippen molar-refractivity contribution in [3.05, 3.63) is 35.4 Å². The molecule has 0 radical (unpaired) electrons. The molecule has 0 aliphatic heterocycles. The van der Waals surface area contributed by atoms with Gasteiger partial charge in [0.25, 0.3) is 0 Å². The summed E-state index contributed by atoms with van der Waals surface area (Å²) in [5, 5.41) is 0. The summed E-state index contributed by atoms with van der Waals surface area (Å²) in [5.74, 6) is 0. The summed E-state index contributed by atoms with van der Waals surface area (Å²) in [6, 6.07) is 8.35. The minimum absolute atomic E-state index is 0.0526. The van der Waals surface area contributed by atoms with E-state index < -0.39 is 0 Å². The van der Waals surface area contributed by atoms with Crippen LogP contribution in [0.5, 0.6) is 0 Å². The molecule has 0 aliphatic carbocycles. The molecular weight excluding hydrogens is 234 g/mol. The first-order valence-corrected chi connectivity index (χ1v) is 7.66. The molecule has 1 unspecified atom stereocenters. The number of unbranched alkanes of at least 4 members (excludes halogenated alkanes) is 5. The Kier molecular flexibility index (Phi) is 8.52. The summed E-state index contributed by atoms with van der Waals surface area (Å²) in [6.45, 7) is 5.74. The van der Waals surface area contributed by atoms with Crippen LogP contribution in [0.1, 0.15) is 62.7 Å². The fraction of sp³-hybridized carbons (Fsp3) is 0.647. The molecule has 0 bridgehead atoms. The Labute approximate surface area is 118 Å². The molecule has 0 aliphatic rings. The van der Waals surface area contributed by atoms with Crippen LogP contribution < -0.4 is 5.73 Å². The van der Waals surface area contributed by atoms with Crippen LogP contribution in [-0.4, -0.2) is 13.2 Å². The number of nitrogens with two attached hydrogens (primary N) is 1. The number of hydrogen-bond donors (Lipinski definition) is 1. The fourth-order valence-corrected chi connectivity index (χ4v) is 2.34. The standard InChI is InChI=1S/C17H29NO/c1-3-4-5-6-7-10-13-19-17(14-18)16-12-9-8-11-15(16)2/h8-9,11-12,17H,3-7,10,13-14,18H2,1-2H3. The van der Waals surface area contributed by atoms with Crippen LogP contribution >= 0.6 is 0 Å². The lowest BCUT2D eigenvalue weighted by molar-refractivity contribution is 0.0553. The van der Waals surface area contributed by atoms with Gasteiger partial charge in [-0.3, -0.25) is 0 Å². The second-order valence-electron chi connectivity index (χ2n) is 5.22. The molecule has 1 aromatic rings. The van der Waals surface area contributed by atoms with Gasteiger partial charge in [0.1, 0.15) is 0 Å². The summed E-state index contributed by atoms with van der Waals surface area (Å²) >= 11 is 0. The Bertz CT molecular complexity index is 338. The third-order valence-electron chi connectivity index (χ3n) is 3.57. The van der Waals surface area contributed by atoms with E-state index in [1.165, 1.54) is 43.2 Å². The Morgan fingerprint density at radius 2 is 1.74 bits per heavy atom. The van der Waals surface area contributed by atoms with E-state index in [1.54, 1.807) is 0 Å². The van der Waals surface area contributed by atoms with E-state index in [0.717, 1.165) is 13.0 Å². The quantitative estimate of drug-likeness (QED) is 0.636. The molecule has 0 heterocycles. The van der Waals surface area contributed by atoms with Gasteiger partial charge in [0.2, 0.25) is 0 Å². The lowest BCUT2D eigenvalue weighted by atomic mass is 10.0. The molecular formula is C17H29NO. The number of benzene rings is 1. The topological polar surface area (TPSA) is 35.2 Å². The average Bonchev–Trinajstić information content (AvgIpc) is 2.43. The third kappa shape index (κ3) is 6.22. The van der Waals surface area contributed by atoms with Crippen LogP contribution in [0.2, 0.25) is 0 Å². The van der Waals surface area contributed by atoms with Crippen LogP contribution in [0.3, 0.4) is 0 Å². The molecule has 0 fully saturated rings. The van der Waals surface area contributed by atoms with Crippen LogP contribution in [0.25, 0.3) is 0 Å². The SMILES string of the molecule is CCCCCCCCOC(CN)c1ccccc1C. The molecule has 2 nitrogen and oxygen atoms in total. The highest BCUT2D eigenvalue weighted by molar-refractivity contribution is 5.27. The molecule has 1 aromatic carbocycles. The predicted octanol–water partition coefficient (Wildman–Crippen LogP) is 4.37. The molecule has 19 heavy (non-hydrogen) atoms. The summed E-state index contributed by atoms with van der Waals surface area (Å²) in [5.41, 5.74) is 8.33. The van der Waals surface area contributed by atoms with E-state index in [-0.39, 0.29) is 6.10 Å². The van der Waals surface area contributed by atoms with Crippen LogP contribution in [0.4, 0.5) is 0 Å². The molecule has 1 atom stereocenters. The van der Waals surface area contributed by atoms with E-state index in [4.69, 9.17) is 10.5 Å². The first-order valence-electron chi connectivity index (χ1n) is 7.66. The minimum atomic E-state index is 0.0526. The van der Waals surface area contributed by atoms with E-state index in [9.17, 15) is 0 Å². The van der Waals surface area contributed by atoms with Crippen molar-refractivity contribution in [1.82, 2.24) is 0 Å². The monoisotopic (exact) mass is 263 g/mol. The second kappa shape index (κ2) is 9.99. The Morgan fingerprint density at radius 1 is 1.05 bits per heavy atom. The Morgan fingerprint density at radius 3 is 2.42 bits per heavy atom. The largest absolute Gasteiger partial charge is 0.372 e. The van der Waals surface area contributed by atoms with Crippen molar-refractivity contribution in [3.63, 3.8) is 0 Å². The molecule has 0 saturated heterocycles.